The van der Waals surface area contributed by atoms with Crippen molar-refractivity contribution < 1.29 is 0 Å². The summed E-state index contributed by atoms with van der Waals surface area (Å²) in [5.41, 5.74) is 9.71. The molecule has 4 fully saturated rings. The average molecular weight is 746 g/mol. The van der Waals surface area contributed by atoms with Crippen LogP contribution in [0.4, 0.5) is 0 Å². The minimum Gasteiger partial charge on any atom is -0.208 e. The molecule has 58 heavy (non-hydrogen) atoms. The zero-order chi connectivity index (χ0) is 38.8. The molecule has 0 N–H and O–H groups in total. The third-order valence-electron chi connectivity index (χ3n) is 13.3. The smallest absolute Gasteiger partial charge is 0.164 e. The van der Waals surface area contributed by atoms with Crippen LogP contribution in [0.25, 0.3) is 78.0 Å². The Kier molecular flexibility index (Phi) is 8.05. The van der Waals surface area contributed by atoms with Gasteiger partial charge in [-0.05, 0) is 129 Å². The maximum Gasteiger partial charge on any atom is 0.164 e. The van der Waals surface area contributed by atoms with Gasteiger partial charge in [0.15, 0.2) is 17.5 Å². The molecule has 0 atom stereocenters. The summed E-state index contributed by atoms with van der Waals surface area (Å²) in [4.78, 5) is 15.2. The standard InChI is InChI=1S/C53H39N5/c54-31-36-25-37(32-55)27-42(26-36)49-46-12-6-4-10-44(46)48(45-11-5-7-13-47(45)49)38-14-16-40(17-15-38)51-56-50(39-8-2-1-3-9-39)57-52(58-51)41-18-20-43(21-19-41)53-28-33-22-34(29-53)24-35(23-33)30-53/h1-21,25-27,33-35H,22-24,28-30H2. The van der Waals surface area contributed by atoms with E-state index in [0.717, 1.165) is 78.2 Å². The second kappa shape index (κ2) is 13.6. The lowest BCUT2D eigenvalue weighted by molar-refractivity contribution is -0.00518. The van der Waals surface area contributed by atoms with Crippen LogP contribution >= 0.6 is 0 Å². The van der Waals surface area contributed by atoms with Crippen molar-refractivity contribution in [3.8, 4) is 68.6 Å². The number of nitriles is 2. The molecule has 1 heterocycles. The van der Waals surface area contributed by atoms with Crippen molar-refractivity contribution in [2.45, 2.75) is 43.9 Å². The van der Waals surface area contributed by atoms with Crippen molar-refractivity contribution in [3.63, 3.8) is 0 Å². The van der Waals surface area contributed by atoms with E-state index in [1.165, 1.54) is 44.1 Å². The third kappa shape index (κ3) is 5.77. The summed E-state index contributed by atoms with van der Waals surface area (Å²) in [6.07, 6.45) is 8.36. The second-order valence-electron chi connectivity index (χ2n) is 16.9. The predicted octanol–water partition coefficient (Wildman–Crippen LogP) is 12.7. The molecule has 0 saturated heterocycles. The van der Waals surface area contributed by atoms with Crippen LogP contribution in [-0.2, 0) is 5.41 Å². The van der Waals surface area contributed by atoms with E-state index in [1.54, 1.807) is 6.07 Å². The molecule has 5 nitrogen and oxygen atoms in total. The van der Waals surface area contributed by atoms with E-state index in [2.05, 4.69) is 109 Å². The Morgan fingerprint density at radius 1 is 0.414 bits per heavy atom. The summed E-state index contributed by atoms with van der Waals surface area (Å²) < 4.78 is 0. The van der Waals surface area contributed by atoms with Crippen LogP contribution < -0.4 is 0 Å². The summed E-state index contributed by atoms with van der Waals surface area (Å²) >= 11 is 0. The topological polar surface area (TPSA) is 86.2 Å². The first-order valence-electron chi connectivity index (χ1n) is 20.5. The molecule has 4 saturated carbocycles. The number of hydrogen-bond donors (Lipinski definition) is 0. The number of aromatic nitrogens is 3. The fourth-order valence-electron chi connectivity index (χ4n) is 11.2. The Morgan fingerprint density at radius 2 is 0.793 bits per heavy atom. The lowest BCUT2D eigenvalue weighted by Gasteiger charge is -2.57. The molecule has 0 aliphatic heterocycles. The molecule has 4 bridgehead atoms. The number of hydrogen-bond acceptors (Lipinski definition) is 5. The van der Waals surface area contributed by atoms with Gasteiger partial charge in [-0.2, -0.15) is 10.5 Å². The molecule has 4 aliphatic carbocycles. The predicted molar refractivity (Wildman–Crippen MR) is 231 cm³/mol. The Labute approximate surface area is 338 Å². The third-order valence-corrected chi connectivity index (χ3v) is 13.3. The largest absolute Gasteiger partial charge is 0.208 e. The number of nitrogens with zero attached hydrogens (tertiary/aromatic N) is 5. The molecule has 7 aromatic carbocycles. The summed E-state index contributed by atoms with van der Waals surface area (Å²) in [6.45, 7) is 0. The quantitative estimate of drug-likeness (QED) is 0.158. The SMILES string of the molecule is N#Cc1cc(C#N)cc(-c2c3ccccc3c(-c3ccc(-c4nc(-c5ccccc5)nc(-c5ccc(C67CC8CC(CC(C8)C6)C7)cc5)n4)cc3)c3ccccc23)c1. The van der Waals surface area contributed by atoms with Crippen molar-refractivity contribution in [1.29, 1.82) is 10.5 Å². The molecule has 0 radical (unpaired) electrons. The van der Waals surface area contributed by atoms with E-state index in [4.69, 9.17) is 15.0 Å². The Hall–Kier alpha value is -6.95. The van der Waals surface area contributed by atoms with Crippen LogP contribution in [0.3, 0.4) is 0 Å². The normalized spacial score (nSPS) is 20.6. The highest BCUT2D eigenvalue weighted by Gasteiger charge is 2.51. The van der Waals surface area contributed by atoms with Gasteiger partial charge in [0.1, 0.15) is 0 Å². The van der Waals surface area contributed by atoms with Gasteiger partial charge in [-0.15, -0.1) is 0 Å². The fraction of sp³-hybridized carbons (Fsp3) is 0.189. The molecule has 0 spiro atoms. The number of benzene rings is 7. The summed E-state index contributed by atoms with van der Waals surface area (Å²) in [6, 6.07) is 54.7. The van der Waals surface area contributed by atoms with Gasteiger partial charge in [0.2, 0.25) is 0 Å². The van der Waals surface area contributed by atoms with Gasteiger partial charge >= 0.3 is 0 Å². The zero-order valence-corrected chi connectivity index (χ0v) is 32.1. The Morgan fingerprint density at radius 3 is 1.24 bits per heavy atom. The Balaban J connectivity index is 1.00. The molecule has 8 aromatic rings. The molecular weight excluding hydrogens is 707 g/mol. The van der Waals surface area contributed by atoms with Crippen molar-refractivity contribution in [1.82, 2.24) is 15.0 Å². The van der Waals surface area contributed by atoms with E-state index in [1.807, 2.05) is 42.5 Å². The Bertz CT molecular complexity index is 2860. The van der Waals surface area contributed by atoms with E-state index in [0.29, 0.717) is 34.0 Å². The molecule has 4 aliphatic rings. The van der Waals surface area contributed by atoms with Crippen LogP contribution in [-0.4, -0.2) is 15.0 Å². The number of rotatable bonds is 6. The van der Waals surface area contributed by atoms with Gasteiger partial charge in [-0.25, -0.2) is 15.0 Å². The number of fused-ring (bicyclic) bond motifs is 2. The van der Waals surface area contributed by atoms with Gasteiger partial charge in [0.25, 0.3) is 0 Å². The van der Waals surface area contributed by atoms with Gasteiger partial charge in [0.05, 0.1) is 23.3 Å². The van der Waals surface area contributed by atoms with Crippen molar-refractivity contribution in [2.75, 3.05) is 0 Å². The first-order chi connectivity index (χ1) is 28.5. The maximum absolute atomic E-state index is 9.82. The van der Waals surface area contributed by atoms with E-state index >= 15 is 0 Å². The summed E-state index contributed by atoms with van der Waals surface area (Å²) in [5.74, 6) is 4.68. The highest BCUT2D eigenvalue weighted by atomic mass is 15.0. The lowest BCUT2D eigenvalue weighted by atomic mass is 9.48. The van der Waals surface area contributed by atoms with Gasteiger partial charge < -0.3 is 0 Å². The van der Waals surface area contributed by atoms with Gasteiger partial charge in [-0.3, -0.25) is 0 Å². The second-order valence-corrected chi connectivity index (χ2v) is 16.9. The zero-order valence-electron chi connectivity index (χ0n) is 32.1. The van der Waals surface area contributed by atoms with Crippen LogP contribution in [0.15, 0.2) is 146 Å². The van der Waals surface area contributed by atoms with Gasteiger partial charge in [-0.1, -0.05) is 127 Å². The van der Waals surface area contributed by atoms with Crippen molar-refractivity contribution >= 4 is 21.5 Å². The molecule has 0 unspecified atom stereocenters. The molecule has 5 heteroatoms. The molecule has 276 valence electrons. The summed E-state index contributed by atoms with van der Waals surface area (Å²) in [7, 11) is 0. The van der Waals surface area contributed by atoms with Crippen LogP contribution in [0, 0.1) is 40.4 Å². The molecule has 1 aromatic heterocycles. The summed E-state index contributed by atoms with van der Waals surface area (Å²) in [5, 5.41) is 23.9. The molecule has 12 rings (SSSR count). The average Bonchev–Trinajstić information content (AvgIpc) is 3.27. The molecular formula is C53H39N5. The van der Waals surface area contributed by atoms with E-state index in [9.17, 15) is 10.5 Å². The first kappa shape index (κ1) is 34.3. The van der Waals surface area contributed by atoms with Gasteiger partial charge in [0, 0.05) is 16.7 Å². The highest BCUT2D eigenvalue weighted by molar-refractivity contribution is 6.21. The molecule has 0 amide bonds. The van der Waals surface area contributed by atoms with Crippen molar-refractivity contribution in [2.24, 2.45) is 17.8 Å². The minimum atomic E-state index is 0.342. The van der Waals surface area contributed by atoms with Crippen LogP contribution in [0.2, 0.25) is 0 Å². The maximum atomic E-state index is 9.82. The van der Waals surface area contributed by atoms with Crippen LogP contribution in [0.1, 0.15) is 55.2 Å². The van der Waals surface area contributed by atoms with E-state index < -0.39 is 0 Å². The lowest BCUT2D eigenvalue weighted by Crippen LogP contribution is -2.48. The minimum absolute atomic E-state index is 0.342. The van der Waals surface area contributed by atoms with Crippen LogP contribution in [0.5, 0.6) is 0 Å². The highest BCUT2D eigenvalue weighted by Crippen LogP contribution is 2.60. The fourth-order valence-corrected chi connectivity index (χ4v) is 11.2. The first-order valence-corrected chi connectivity index (χ1v) is 20.5. The van der Waals surface area contributed by atoms with E-state index in [-0.39, 0.29) is 0 Å². The monoisotopic (exact) mass is 745 g/mol. The van der Waals surface area contributed by atoms with Crippen molar-refractivity contribution in [3.05, 3.63) is 162 Å².